The van der Waals surface area contributed by atoms with Crippen LogP contribution in [0.4, 0.5) is 5.69 Å². The zero-order valence-corrected chi connectivity index (χ0v) is 8.91. The van der Waals surface area contributed by atoms with E-state index in [9.17, 15) is 0 Å². The Hall–Kier alpha value is -1.52. The average molecular weight is 195 g/mol. The van der Waals surface area contributed by atoms with Crippen LogP contribution >= 0.6 is 0 Å². The number of nitrogens with one attached hydrogen (secondary N) is 1. The number of rotatable bonds is 3. The molecule has 0 radical (unpaired) electrons. The minimum atomic E-state index is 0.440. The number of aromatic nitrogens is 2. The Labute approximate surface area is 84.0 Å². The summed E-state index contributed by atoms with van der Waals surface area (Å²) in [7, 11) is 1.89. The van der Waals surface area contributed by atoms with E-state index in [0.717, 1.165) is 17.8 Å². The topological polar surface area (TPSA) is 68.2 Å². The van der Waals surface area contributed by atoms with Gasteiger partial charge in [0.05, 0.1) is 11.4 Å². The molecule has 0 amide bonds. The van der Waals surface area contributed by atoms with Crippen LogP contribution in [0.25, 0.3) is 0 Å². The average Bonchev–Trinajstić information content (AvgIpc) is 2.46. The molecule has 0 aliphatic carbocycles. The van der Waals surface area contributed by atoms with Crippen molar-refractivity contribution in [3.63, 3.8) is 0 Å². The van der Waals surface area contributed by atoms with Crippen molar-refractivity contribution in [2.24, 2.45) is 17.8 Å². The molecule has 5 heteroatoms. The Morgan fingerprint density at radius 1 is 1.64 bits per heavy atom. The van der Waals surface area contributed by atoms with Crippen molar-refractivity contribution in [1.82, 2.24) is 9.78 Å². The maximum absolute atomic E-state index is 5.65. The van der Waals surface area contributed by atoms with Crippen molar-refractivity contribution in [3.8, 4) is 0 Å². The number of aryl methyl sites for hydroxylation is 2. The number of hydrogen-bond acceptors (Lipinski definition) is 2. The number of nitrogens with zero attached hydrogens (tertiary/aromatic N) is 3. The molecular formula is C9H17N5. The summed E-state index contributed by atoms with van der Waals surface area (Å²) in [6.07, 6.45) is 2.78. The van der Waals surface area contributed by atoms with E-state index in [4.69, 9.17) is 5.73 Å². The molecule has 1 heterocycles. The van der Waals surface area contributed by atoms with Gasteiger partial charge in [-0.15, -0.1) is 0 Å². The molecule has 14 heavy (non-hydrogen) atoms. The summed E-state index contributed by atoms with van der Waals surface area (Å²) in [5.74, 6) is 0.440. The fourth-order valence-corrected chi connectivity index (χ4v) is 1.25. The van der Waals surface area contributed by atoms with Crippen LogP contribution < -0.4 is 11.1 Å². The Kier molecular flexibility index (Phi) is 3.50. The fourth-order valence-electron chi connectivity index (χ4n) is 1.25. The molecule has 0 fully saturated rings. The zero-order valence-electron chi connectivity index (χ0n) is 8.91. The van der Waals surface area contributed by atoms with E-state index in [-0.39, 0.29) is 0 Å². The Balaban J connectivity index is 2.79. The largest absolute Gasteiger partial charge is 0.370 e. The normalized spacial score (nSPS) is 11.8. The van der Waals surface area contributed by atoms with Gasteiger partial charge in [-0.3, -0.25) is 9.67 Å². The lowest BCUT2D eigenvalue weighted by Gasteiger charge is -2.03. The predicted octanol–water partition coefficient (Wildman–Crippen LogP) is 0.729. The maximum atomic E-state index is 5.65. The highest BCUT2D eigenvalue weighted by Gasteiger charge is 2.05. The van der Waals surface area contributed by atoms with E-state index in [1.165, 1.54) is 0 Å². The number of anilines is 1. The van der Waals surface area contributed by atoms with Crippen LogP contribution in [-0.2, 0) is 13.5 Å². The standard InChI is InChI=1S/C9H17N5/c1-4-7-8(6-14(3)13-7)12-9(10)11-5-2/h6H,4-5H2,1-3H3,(H3,10,11,12). The van der Waals surface area contributed by atoms with Gasteiger partial charge in [-0.1, -0.05) is 6.92 Å². The highest BCUT2D eigenvalue weighted by molar-refractivity contribution is 5.92. The third-order valence-electron chi connectivity index (χ3n) is 1.83. The molecule has 1 rings (SSSR count). The van der Waals surface area contributed by atoms with Crippen molar-refractivity contribution in [2.75, 3.05) is 11.9 Å². The number of aliphatic imine (C=N–C) groups is 1. The van der Waals surface area contributed by atoms with Gasteiger partial charge in [0.2, 0.25) is 0 Å². The van der Waals surface area contributed by atoms with E-state index >= 15 is 0 Å². The van der Waals surface area contributed by atoms with Crippen molar-refractivity contribution in [2.45, 2.75) is 20.3 Å². The van der Waals surface area contributed by atoms with Crippen molar-refractivity contribution < 1.29 is 0 Å². The third-order valence-corrected chi connectivity index (χ3v) is 1.83. The van der Waals surface area contributed by atoms with Crippen LogP contribution in [0, 0.1) is 0 Å². The van der Waals surface area contributed by atoms with Gasteiger partial charge in [-0.2, -0.15) is 5.10 Å². The minimum Gasteiger partial charge on any atom is -0.370 e. The van der Waals surface area contributed by atoms with Crippen LogP contribution in [0.2, 0.25) is 0 Å². The summed E-state index contributed by atoms with van der Waals surface area (Å²) < 4.78 is 1.76. The molecule has 5 nitrogen and oxygen atoms in total. The van der Waals surface area contributed by atoms with Gasteiger partial charge in [-0.05, 0) is 13.3 Å². The number of hydrogen-bond donors (Lipinski definition) is 2. The van der Waals surface area contributed by atoms with Crippen molar-refractivity contribution in [1.29, 1.82) is 0 Å². The maximum Gasteiger partial charge on any atom is 0.193 e. The van der Waals surface area contributed by atoms with E-state index in [0.29, 0.717) is 12.5 Å². The van der Waals surface area contributed by atoms with Crippen LogP contribution in [0.15, 0.2) is 11.2 Å². The van der Waals surface area contributed by atoms with E-state index in [2.05, 4.69) is 22.3 Å². The van der Waals surface area contributed by atoms with Gasteiger partial charge >= 0.3 is 0 Å². The number of nitrogens with two attached hydrogens (primary N) is 1. The van der Waals surface area contributed by atoms with Crippen LogP contribution in [-0.4, -0.2) is 22.3 Å². The minimum absolute atomic E-state index is 0.440. The second-order valence-electron chi connectivity index (χ2n) is 3.00. The Morgan fingerprint density at radius 3 is 2.93 bits per heavy atom. The number of guanidine groups is 1. The molecular weight excluding hydrogens is 178 g/mol. The molecule has 0 aromatic carbocycles. The molecule has 1 aromatic heterocycles. The van der Waals surface area contributed by atoms with Crippen LogP contribution in [0.5, 0.6) is 0 Å². The SMILES string of the molecule is CCN=C(N)Nc1cn(C)nc1CC. The molecule has 0 aliphatic rings. The van der Waals surface area contributed by atoms with Gasteiger partial charge in [-0.25, -0.2) is 0 Å². The van der Waals surface area contributed by atoms with Gasteiger partial charge in [0.1, 0.15) is 0 Å². The van der Waals surface area contributed by atoms with E-state index in [1.54, 1.807) is 4.68 Å². The highest BCUT2D eigenvalue weighted by Crippen LogP contribution is 2.12. The summed E-state index contributed by atoms with van der Waals surface area (Å²) in [4.78, 5) is 4.05. The quantitative estimate of drug-likeness (QED) is 0.552. The first-order valence-corrected chi connectivity index (χ1v) is 4.76. The molecule has 0 atom stereocenters. The van der Waals surface area contributed by atoms with Crippen molar-refractivity contribution in [3.05, 3.63) is 11.9 Å². The molecule has 0 unspecified atom stereocenters. The lowest BCUT2D eigenvalue weighted by atomic mass is 10.3. The molecule has 78 valence electrons. The smallest absolute Gasteiger partial charge is 0.193 e. The van der Waals surface area contributed by atoms with Gasteiger partial charge in [0.25, 0.3) is 0 Å². The Morgan fingerprint density at radius 2 is 2.36 bits per heavy atom. The molecule has 0 aliphatic heterocycles. The van der Waals surface area contributed by atoms with Crippen LogP contribution in [0.1, 0.15) is 19.5 Å². The van der Waals surface area contributed by atoms with Gasteiger partial charge < -0.3 is 11.1 Å². The van der Waals surface area contributed by atoms with E-state index < -0.39 is 0 Å². The summed E-state index contributed by atoms with van der Waals surface area (Å²) in [5.41, 5.74) is 7.59. The predicted molar refractivity (Wildman–Crippen MR) is 58.4 cm³/mol. The first-order valence-electron chi connectivity index (χ1n) is 4.76. The molecule has 3 N–H and O–H groups in total. The second-order valence-corrected chi connectivity index (χ2v) is 3.00. The summed E-state index contributed by atoms with van der Waals surface area (Å²) in [5, 5.41) is 7.31. The van der Waals surface area contributed by atoms with Crippen LogP contribution in [0.3, 0.4) is 0 Å². The molecule has 0 saturated carbocycles. The fraction of sp³-hybridized carbons (Fsp3) is 0.556. The molecule has 0 spiro atoms. The van der Waals surface area contributed by atoms with Crippen molar-refractivity contribution >= 4 is 11.6 Å². The Bertz CT molecular complexity index is 326. The first kappa shape index (κ1) is 10.6. The highest BCUT2D eigenvalue weighted by atomic mass is 15.3. The van der Waals surface area contributed by atoms with Gasteiger partial charge in [0, 0.05) is 19.8 Å². The van der Waals surface area contributed by atoms with E-state index in [1.807, 2.05) is 20.2 Å². The summed E-state index contributed by atoms with van der Waals surface area (Å²) >= 11 is 0. The first-order chi connectivity index (χ1) is 6.67. The molecule has 0 saturated heterocycles. The molecule has 1 aromatic rings. The third kappa shape index (κ3) is 2.48. The monoisotopic (exact) mass is 195 g/mol. The second kappa shape index (κ2) is 4.64. The van der Waals surface area contributed by atoms with Gasteiger partial charge in [0.15, 0.2) is 5.96 Å². The zero-order chi connectivity index (χ0) is 10.6. The molecule has 0 bridgehead atoms. The summed E-state index contributed by atoms with van der Waals surface area (Å²) in [6.45, 7) is 4.68. The summed E-state index contributed by atoms with van der Waals surface area (Å²) in [6, 6.07) is 0. The lowest BCUT2D eigenvalue weighted by molar-refractivity contribution is 0.746. The lowest BCUT2D eigenvalue weighted by Crippen LogP contribution is -2.23.